The number of fused-ring (bicyclic) bond motifs is 1. The molecule has 0 aliphatic rings. The number of carbonyl (C=O) groups excluding carboxylic acids is 1. The van der Waals surface area contributed by atoms with E-state index >= 15 is 0 Å². The molecule has 0 aliphatic heterocycles. The zero-order valence-corrected chi connectivity index (χ0v) is 21.5. The molecule has 38 heavy (non-hydrogen) atoms. The Balaban J connectivity index is 1.42. The van der Waals surface area contributed by atoms with Crippen LogP contribution in [0.2, 0.25) is 0 Å². The molecule has 0 aliphatic carbocycles. The summed E-state index contributed by atoms with van der Waals surface area (Å²) in [4.78, 5) is 31.1. The van der Waals surface area contributed by atoms with E-state index in [2.05, 4.69) is 15.3 Å². The van der Waals surface area contributed by atoms with Crippen LogP contribution in [0.3, 0.4) is 0 Å². The van der Waals surface area contributed by atoms with Crippen LogP contribution in [-0.2, 0) is 7.05 Å². The van der Waals surface area contributed by atoms with Crippen molar-refractivity contribution in [2.45, 2.75) is 13.8 Å². The van der Waals surface area contributed by atoms with Crippen molar-refractivity contribution in [1.29, 1.82) is 0 Å². The van der Waals surface area contributed by atoms with Gasteiger partial charge in [-0.15, -0.1) is 11.3 Å². The minimum atomic E-state index is -0.304. The molecule has 0 fully saturated rings. The van der Waals surface area contributed by atoms with E-state index in [1.165, 1.54) is 29.7 Å². The fraction of sp³-hybridized carbons (Fsp3) is 0.111. The summed E-state index contributed by atoms with van der Waals surface area (Å²) in [6.07, 6.45) is 4.99. The van der Waals surface area contributed by atoms with Gasteiger partial charge in [-0.2, -0.15) is 5.10 Å². The van der Waals surface area contributed by atoms with Crippen LogP contribution in [0.25, 0.3) is 39.5 Å². The number of halogens is 1. The van der Waals surface area contributed by atoms with Gasteiger partial charge in [-0.1, -0.05) is 0 Å². The van der Waals surface area contributed by atoms with Gasteiger partial charge in [-0.3, -0.25) is 14.8 Å². The van der Waals surface area contributed by atoms with Gasteiger partial charge < -0.3 is 9.88 Å². The van der Waals surface area contributed by atoms with Gasteiger partial charge in [0.15, 0.2) is 5.65 Å². The van der Waals surface area contributed by atoms with Crippen LogP contribution in [-0.4, -0.2) is 40.0 Å². The number of anilines is 1. The van der Waals surface area contributed by atoms with Crippen molar-refractivity contribution >= 4 is 28.6 Å². The first-order valence-corrected chi connectivity index (χ1v) is 12.6. The monoisotopic (exact) mass is 524 g/mol. The largest absolute Gasteiger partial charge is 0.330 e. The molecular weight excluding hydrogens is 503 g/mol. The number of imidazole rings is 2. The quantitative estimate of drug-likeness (QED) is 0.327. The Morgan fingerprint density at radius 2 is 1.84 bits per heavy atom. The number of benzene rings is 1. The van der Waals surface area contributed by atoms with E-state index in [4.69, 9.17) is 15.1 Å². The van der Waals surface area contributed by atoms with Crippen molar-refractivity contribution in [1.82, 2.24) is 34.1 Å². The molecule has 1 aromatic carbocycles. The molecule has 1 amide bonds. The van der Waals surface area contributed by atoms with Gasteiger partial charge in [0.1, 0.15) is 22.2 Å². The molecule has 1 N–H and O–H groups in total. The number of amides is 1. The van der Waals surface area contributed by atoms with Gasteiger partial charge in [0.2, 0.25) is 0 Å². The molecule has 5 aromatic heterocycles. The lowest BCUT2D eigenvalue weighted by Crippen LogP contribution is -2.11. The Hall–Kier alpha value is -4.77. The number of aryl methyl sites for hydroxylation is 2. The SMILES string of the molecule is Cc1nccc(NC(=O)c2cncs2)c1-c1cn2nc(-c3c(-c4ccc(F)cc4)nc(C)n3C)ccc2n1. The summed E-state index contributed by atoms with van der Waals surface area (Å²) < 4.78 is 17.2. The minimum absolute atomic E-state index is 0.247. The molecule has 11 heteroatoms. The molecule has 188 valence electrons. The van der Waals surface area contributed by atoms with Gasteiger partial charge in [-0.05, 0) is 56.3 Å². The van der Waals surface area contributed by atoms with Crippen molar-refractivity contribution in [2.24, 2.45) is 7.05 Å². The Labute approximate surface area is 220 Å². The second kappa shape index (κ2) is 9.27. The number of hydrogen-bond acceptors (Lipinski definition) is 7. The van der Waals surface area contributed by atoms with Crippen molar-refractivity contribution in [3.05, 3.63) is 88.8 Å². The number of carbonyl (C=O) groups is 1. The lowest BCUT2D eigenvalue weighted by molar-refractivity contribution is 0.103. The van der Waals surface area contributed by atoms with Crippen molar-refractivity contribution in [2.75, 3.05) is 5.32 Å². The van der Waals surface area contributed by atoms with Gasteiger partial charge in [0, 0.05) is 30.1 Å². The smallest absolute Gasteiger partial charge is 0.267 e. The third kappa shape index (κ3) is 4.12. The third-order valence-corrected chi connectivity index (χ3v) is 7.07. The summed E-state index contributed by atoms with van der Waals surface area (Å²) in [6, 6.07) is 11.8. The van der Waals surface area contributed by atoms with Crippen LogP contribution < -0.4 is 5.32 Å². The molecule has 6 aromatic rings. The number of thiazole rings is 1. The topological polar surface area (TPSA) is 103 Å². The molecule has 0 spiro atoms. The van der Waals surface area contributed by atoms with E-state index in [9.17, 15) is 9.18 Å². The number of aromatic nitrogens is 7. The Morgan fingerprint density at radius 1 is 1.03 bits per heavy atom. The first kappa shape index (κ1) is 23.6. The normalized spacial score (nSPS) is 11.3. The molecule has 0 bridgehead atoms. The summed E-state index contributed by atoms with van der Waals surface area (Å²) in [5.74, 6) is 0.255. The fourth-order valence-electron chi connectivity index (χ4n) is 4.35. The maximum atomic E-state index is 13.5. The number of pyridine rings is 1. The molecule has 0 radical (unpaired) electrons. The predicted molar refractivity (Wildman–Crippen MR) is 143 cm³/mol. The molecule has 0 atom stereocenters. The van der Waals surface area contributed by atoms with Gasteiger partial charge >= 0.3 is 0 Å². The lowest BCUT2D eigenvalue weighted by atomic mass is 10.1. The molecule has 0 saturated heterocycles. The third-order valence-electron chi connectivity index (χ3n) is 6.30. The molecular formula is C27H21FN8OS. The molecule has 0 unspecified atom stereocenters. The molecule has 6 rings (SSSR count). The standard InChI is InChI=1S/C27H21FN8OS/c1-15-24(19(10-11-30-15)33-27(37)22-12-29-14-38-22)21-13-36-23(32-21)9-8-20(34-36)26-25(31-16(2)35(26)3)17-4-6-18(28)7-5-17/h4-14H,1-3H3,(H,30,33,37). The Bertz CT molecular complexity index is 1810. The van der Waals surface area contributed by atoms with Crippen LogP contribution >= 0.6 is 11.3 Å². The predicted octanol–water partition coefficient (Wildman–Crippen LogP) is 5.32. The second-order valence-electron chi connectivity index (χ2n) is 8.71. The summed E-state index contributed by atoms with van der Waals surface area (Å²) in [5.41, 5.74) is 7.90. The number of hydrogen-bond donors (Lipinski definition) is 1. The average molecular weight is 525 g/mol. The average Bonchev–Trinajstić information content (AvgIpc) is 3.64. The Morgan fingerprint density at radius 3 is 2.61 bits per heavy atom. The number of nitrogens with one attached hydrogen (secondary N) is 1. The van der Waals surface area contributed by atoms with Gasteiger partial charge in [0.25, 0.3) is 5.91 Å². The van der Waals surface area contributed by atoms with Crippen molar-refractivity contribution in [3.63, 3.8) is 0 Å². The van der Waals surface area contributed by atoms with E-state index in [1.807, 2.05) is 43.8 Å². The molecule has 0 saturated carbocycles. The van der Waals surface area contributed by atoms with Gasteiger partial charge in [0.05, 0.1) is 40.7 Å². The van der Waals surface area contributed by atoms with Crippen LogP contribution in [0, 0.1) is 19.7 Å². The second-order valence-corrected chi connectivity index (χ2v) is 9.59. The minimum Gasteiger partial charge on any atom is -0.330 e. The van der Waals surface area contributed by atoms with E-state index in [0.29, 0.717) is 38.9 Å². The van der Waals surface area contributed by atoms with Crippen LogP contribution in [0.4, 0.5) is 10.1 Å². The molecule has 5 heterocycles. The fourth-order valence-corrected chi connectivity index (χ4v) is 4.86. The van der Waals surface area contributed by atoms with Crippen molar-refractivity contribution < 1.29 is 9.18 Å². The first-order chi connectivity index (χ1) is 18.4. The number of rotatable bonds is 5. The zero-order chi connectivity index (χ0) is 26.4. The summed E-state index contributed by atoms with van der Waals surface area (Å²) >= 11 is 1.27. The first-order valence-electron chi connectivity index (χ1n) is 11.7. The van der Waals surface area contributed by atoms with Crippen LogP contribution in [0.15, 0.2) is 66.6 Å². The summed E-state index contributed by atoms with van der Waals surface area (Å²) in [6.45, 7) is 3.78. The summed E-state index contributed by atoms with van der Waals surface area (Å²) in [7, 11) is 1.92. The highest BCUT2D eigenvalue weighted by molar-refractivity contribution is 7.11. The zero-order valence-electron chi connectivity index (χ0n) is 20.7. The maximum Gasteiger partial charge on any atom is 0.267 e. The molecule has 9 nitrogen and oxygen atoms in total. The van der Waals surface area contributed by atoms with Crippen molar-refractivity contribution in [3.8, 4) is 33.9 Å². The highest BCUT2D eigenvalue weighted by atomic mass is 32.1. The maximum absolute atomic E-state index is 13.5. The number of nitrogens with zero attached hydrogens (tertiary/aromatic N) is 7. The summed E-state index contributed by atoms with van der Waals surface area (Å²) in [5, 5.41) is 7.79. The Kier molecular flexibility index (Phi) is 5.76. The van der Waals surface area contributed by atoms with Crippen LogP contribution in [0.5, 0.6) is 0 Å². The van der Waals surface area contributed by atoms with E-state index in [0.717, 1.165) is 22.8 Å². The van der Waals surface area contributed by atoms with E-state index < -0.39 is 0 Å². The van der Waals surface area contributed by atoms with Crippen LogP contribution in [0.1, 0.15) is 21.2 Å². The van der Waals surface area contributed by atoms with E-state index in [1.54, 1.807) is 34.4 Å². The van der Waals surface area contributed by atoms with E-state index in [-0.39, 0.29) is 11.7 Å². The lowest BCUT2D eigenvalue weighted by Gasteiger charge is -2.10. The highest BCUT2D eigenvalue weighted by Gasteiger charge is 2.20. The highest BCUT2D eigenvalue weighted by Crippen LogP contribution is 2.33. The van der Waals surface area contributed by atoms with Gasteiger partial charge in [-0.25, -0.2) is 18.9 Å².